The van der Waals surface area contributed by atoms with Gasteiger partial charge < -0.3 is 66.3 Å². The second kappa shape index (κ2) is 20.4. The van der Waals surface area contributed by atoms with E-state index in [1.54, 1.807) is 13.1 Å². The number of hydrogen-bond acceptors (Lipinski definition) is 15. The predicted molar refractivity (Wildman–Crippen MR) is 167 cm³/mol. The SMILES string of the molecule is CNc1ncnc2c1ccn2C(=O)NCC(=O)NCCNC(=O)C(OC(OC[C@@H](COC(CO)[C@H](C)O)NC(C)=O)[C@@H](O)CO)[C@H](C)O. The van der Waals surface area contributed by atoms with Gasteiger partial charge in [-0.05, 0) is 19.9 Å². The summed E-state index contributed by atoms with van der Waals surface area (Å²) in [4.78, 5) is 57.5. The summed E-state index contributed by atoms with van der Waals surface area (Å²) < 4.78 is 17.7. The van der Waals surface area contributed by atoms with Crippen molar-refractivity contribution in [3.8, 4) is 0 Å². The maximum atomic E-state index is 12.8. The third kappa shape index (κ3) is 12.5. The second-order valence-corrected chi connectivity index (χ2v) is 10.6. The van der Waals surface area contributed by atoms with E-state index in [1.807, 2.05) is 0 Å². The van der Waals surface area contributed by atoms with Crippen LogP contribution in [0.25, 0.3) is 11.0 Å². The molecule has 48 heavy (non-hydrogen) atoms. The Kier molecular flexibility index (Phi) is 17.0. The molecule has 4 amide bonds. The molecule has 0 aliphatic heterocycles. The number of hydrogen-bond donors (Lipinski definition) is 10. The molecule has 2 rings (SSSR count). The molecule has 20 heteroatoms. The molecule has 2 aromatic heterocycles. The lowest BCUT2D eigenvalue weighted by molar-refractivity contribution is -0.235. The summed E-state index contributed by atoms with van der Waals surface area (Å²) in [7, 11) is 1.68. The first kappa shape index (κ1) is 40.2. The highest BCUT2D eigenvalue weighted by atomic mass is 16.7. The molecule has 0 fully saturated rings. The minimum Gasteiger partial charge on any atom is -0.394 e. The first-order valence-corrected chi connectivity index (χ1v) is 15.1. The maximum absolute atomic E-state index is 12.8. The van der Waals surface area contributed by atoms with Crippen LogP contribution in [-0.4, -0.2) is 160 Å². The Hall–Kier alpha value is -4.02. The molecule has 2 heterocycles. The molecule has 0 saturated carbocycles. The van der Waals surface area contributed by atoms with E-state index in [0.29, 0.717) is 16.9 Å². The standard InChI is InChI=1S/C28H46N8O12/c1-15(39)21(11-38)46-12-18(35-17(3)41)13-47-27(20(42)10-37)48-23(16(2)40)26(44)31-7-6-30-22(43)9-32-28(45)36-8-5-19-24(29-4)33-14-34-25(19)36/h5,8,14-16,18,20-21,23,27,37-40,42H,6-7,9-13H2,1-4H3,(H,30,43)(H,31,44)(H,32,45)(H,35,41)(H,29,33,34)/t15-,16-,18+,20-,21?,23?,27?/m0/s1. The van der Waals surface area contributed by atoms with Crippen LogP contribution >= 0.6 is 0 Å². The number of carbonyl (C=O) groups is 4. The number of aliphatic hydroxyl groups is 5. The van der Waals surface area contributed by atoms with E-state index < -0.39 is 79.8 Å². The van der Waals surface area contributed by atoms with E-state index in [9.17, 15) is 44.7 Å². The van der Waals surface area contributed by atoms with Gasteiger partial charge in [0.25, 0.3) is 5.91 Å². The van der Waals surface area contributed by atoms with Crippen molar-refractivity contribution >= 4 is 40.6 Å². The predicted octanol–water partition coefficient (Wildman–Crippen LogP) is -4.01. The molecule has 2 aromatic rings. The van der Waals surface area contributed by atoms with Gasteiger partial charge in [-0.2, -0.15) is 0 Å². The Labute approximate surface area is 276 Å². The summed E-state index contributed by atoms with van der Waals surface area (Å²) in [5.74, 6) is -1.32. The highest BCUT2D eigenvalue weighted by Gasteiger charge is 2.32. The molecule has 10 N–H and O–H groups in total. The Morgan fingerprint density at radius 2 is 1.62 bits per heavy atom. The molecular formula is C28H46N8O12. The number of ether oxygens (including phenoxy) is 3. The Bertz CT molecular complexity index is 1330. The van der Waals surface area contributed by atoms with Gasteiger partial charge in [0, 0.05) is 33.3 Å². The summed E-state index contributed by atoms with van der Waals surface area (Å²) in [6, 6.07) is 0.194. The summed E-state index contributed by atoms with van der Waals surface area (Å²) in [6.07, 6.45) is -5.52. The van der Waals surface area contributed by atoms with Gasteiger partial charge in [-0.25, -0.2) is 14.8 Å². The zero-order valence-electron chi connectivity index (χ0n) is 27.2. The van der Waals surface area contributed by atoms with Gasteiger partial charge in [-0.3, -0.25) is 19.0 Å². The van der Waals surface area contributed by atoms with Gasteiger partial charge in [-0.15, -0.1) is 0 Å². The molecule has 0 aliphatic rings. The number of amides is 4. The fourth-order valence-corrected chi connectivity index (χ4v) is 4.19. The Morgan fingerprint density at radius 3 is 2.23 bits per heavy atom. The topological polar surface area (TPSA) is 288 Å². The molecule has 0 spiro atoms. The van der Waals surface area contributed by atoms with Crippen LogP contribution in [0.3, 0.4) is 0 Å². The third-order valence-electron chi connectivity index (χ3n) is 6.66. The lowest BCUT2D eigenvalue weighted by atomic mass is 10.2. The largest absolute Gasteiger partial charge is 0.394 e. The number of aromatic nitrogens is 3. The van der Waals surface area contributed by atoms with Crippen LogP contribution in [0.5, 0.6) is 0 Å². The van der Waals surface area contributed by atoms with E-state index in [4.69, 9.17) is 14.2 Å². The van der Waals surface area contributed by atoms with Crippen LogP contribution in [0.15, 0.2) is 18.6 Å². The molecule has 270 valence electrons. The zero-order valence-corrected chi connectivity index (χ0v) is 27.2. The van der Waals surface area contributed by atoms with Gasteiger partial charge in [0.15, 0.2) is 18.0 Å². The molecule has 0 aromatic carbocycles. The van der Waals surface area contributed by atoms with E-state index in [1.165, 1.54) is 37.9 Å². The fraction of sp³-hybridized carbons (Fsp3) is 0.643. The highest BCUT2D eigenvalue weighted by Crippen LogP contribution is 2.19. The second-order valence-electron chi connectivity index (χ2n) is 10.6. The van der Waals surface area contributed by atoms with Crippen molar-refractivity contribution in [2.45, 2.75) is 63.6 Å². The minimum atomic E-state index is -1.67. The van der Waals surface area contributed by atoms with Crippen molar-refractivity contribution in [2.75, 3.05) is 58.4 Å². The lowest BCUT2D eigenvalue weighted by Crippen LogP contribution is -2.51. The molecule has 0 bridgehead atoms. The first-order valence-electron chi connectivity index (χ1n) is 15.1. The molecule has 7 atom stereocenters. The van der Waals surface area contributed by atoms with E-state index in [-0.39, 0.29) is 32.8 Å². The maximum Gasteiger partial charge on any atom is 0.327 e. The minimum absolute atomic E-state index is 0.0585. The Balaban J connectivity index is 1.87. The average Bonchev–Trinajstić information content (AvgIpc) is 3.49. The van der Waals surface area contributed by atoms with Gasteiger partial charge >= 0.3 is 6.03 Å². The van der Waals surface area contributed by atoms with Crippen molar-refractivity contribution in [3.05, 3.63) is 18.6 Å². The number of nitrogens with zero attached hydrogens (tertiary/aromatic N) is 3. The van der Waals surface area contributed by atoms with Crippen LogP contribution in [0, 0.1) is 0 Å². The van der Waals surface area contributed by atoms with Crippen LogP contribution in [0.4, 0.5) is 10.6 Å². The van der Waals surface area contributed by atoms with Gasteiger partial charge in [0.1, 0.15) is 24.4 Å². The quantitative estimate of drug-likeness (QED) is 0.0442. The summed E-state index contributed by atoms with van der Waals surface area (Å²) in [5.41, 5.74) is 0.342. The van der Waals surface area contributed by atoms with Crippen LogP contribution < -0.4 is 26.6 Å². The smallest absolute Gasteiger partial charge is 0.327 e. The number of nitrogens with one attached hydrogen (secondary N) is 5. The molecule has 0 radical (unpaired) electrons. The van der Waals surface area contributed by atoms with Crippen molar-refractivity contribution < 1.29 is 58.9 Å². The molecule has 0 aliphatic carbocycles. The average molecular weight is 687 g/mol. The van der Waals surface area contributed by atoms with Crippen LogP contribution in [-0.2, 0) is 28.6 Å². The van der Waals surface area contributed by atoms with Crippen molar-refractivity contribution in [1.29, 1.82) is 0 Å². The van der Waals surface area contributed by atoms with Gasteiger partial charge in [0.2, 0.25) is 11.8 Å². The van der Waals surface area contributed by atoms with Crippen LogP contribution in [0.1, 0.15) is 20.8 Å². The first-order chi connectivity index (χ1) is 22.8. The third-order valence-corrected chi connectivity index (χ3v) is 6.66. The summed E-state index contributed by atoms with van der Waals surface area (Å²) in [6.45, 7) is 1.42. The zero-order chi connectivity index (χ0) is 35.8. The number of fused-ring (bicyclic) bond motifs is 1. The molecular weight excluding hydrogens is 640 g/mol. The number of aliphatic hydroxyl groups excluding tert-OH is 5. The summed E-state index contributed by atoms with van der Waals surface area (Å²) >= 11 is 0. The lowest BCUT2D eigenvalue weighted by Gasteiger charge is -2.30. The van der Waals surface area contributed by atoms with Crippen molar-refractivity contribution in [3.63, 3.8) is 0 Å². The van der Waals surface area contributed by atoms with Gasteiger partial charge in [0.05, 0.1) is 56.6 Å². The van der Waals surface area contributed by atoms with Crippen molar-refractivity contribution in [1.82, 2.24) is 35.8 Å². The number of rotatable bonds is 21. The number of carbonyl (C=O) groups excluding carboxylic acids is 4. The monoisotopic (exact) mass is 686 g/mol. The van der Waals surface area contributed by atoms with Gasteiger partial charge in [-0.1, -0.05) is 0 Å². The molecule has 0 saturated heterocycles. The van der Waals surface area contributed by atoms with E-state index in [2.05, 4.69) is 36.6 Å². The van der Waals surface area contributed by atoms with E-state index in [0.717, 1.165) is 0 Å². The van der Waals surface area contributed by atoms with E-state index >= 15 is 0 Å². The highest BCUT2D eigenvalue weighted by molar-refractivity contribution is 5.95. The normalized spacial score (nSPS) is 15.8. The van der Waals surface area contributed by atoms with Crippen LogP contribution in [0.2, 0.25) is 0 Å². The fourth-order valence-electron chi connectivity index (χ4n) is 4.19. The molecule has 20 nitrogen and oxygen atoms in total. The van der Waals surface area contributed by atoms with Crippen molar-refractivity contribution in [2.24, 2.45) is 0 Å². The number of anilines is 1. The summed E-state index contributed by atoms with van der Waals surface area (Å²) in [5, 5.41) is 62.5. The Morgan fingerprint density at radius 1 is 0.938 bits per heavy atom. The molecule has 3 unspecified atom stereocenters.